The van der Waals surface area contributed by atoms with E-state index < -0.39 is 5.97 Å². The Morgan fingerprint density at radius 2 is 2.12 bits per heavy atom. The second-order valence-electron chi connectivity index (χ2n) is 3.82. The Hall–Kier alpha value is -1.70. The van der Waals surface area contributed by atoms with Gasteiger partial charge in [0, 0.05) is 25.9 Å². The summed E-state index contributed by atoms with van der Waals surface area (Å²) in [6.07, 6.45) is 7.26. The number of urea groups is 1. The van der Waals surface area contributed by atoms with Crippen molar-refractivity contribution in [2.24, 2.45) is 5.92 Å². The summed E-state index contributed by atoms with van der Waals surface area (Å²) in [5.41, 5.74) is 0. The van der Waals surface area contributed by atoms with Gasteiger partial charge in [-0.25, -0.2) is 4.79 Å². The highest BCUT2D eigenvalue weighted by atomic mass is 16.4. The van der Waals surface area contributed by atoms with E-state index in [2.05, 4.69) is 16.6 Å². The third kappa shape index (κ3) is 9.24. The molecule has 5 heteroatoms. The standard InChI is InChI=1S/C12H20N2O3/c1-3-5-6-7-13-12(17)14-9-10(4-2)8-11(15)16/h1,10H,4-9H2,2H3,(H,15,16)(H2,13,14,17). The van der Waals surface area contributed by atoms with Crippen LogP contribution in [-0.4, -0.2) is 30.2 Å². The van der Waals surface area contributed by atoms with Crippen molar-refractivity contribution < 1.29 is 14.7 Å². The van der Waals surface area contributed by atoms with Gasteiger partial charge in [0.1, 0.15) is 0 Å². The fourth-order valence-electron chi connectivity index (χ4n) is 1.30. The minimum atomic E-state index is -0.840. The molecular formula is C12H20N2O3. The molecule has 0 fully saturated rings. The number of terminal acetylenes is 1. The number of hydrogen-bond acceptors (Lipinski definition) is 2. The Morgan fingerprint density at radius 1 is 1.41 bits per heavy atom. The van der Waals surface area contributed by atoms with E-state index in [9.17, 15) is 9.59 Å². The largest absolute Gasteiger partial charge is 0.481 e. The molecule has 3 N–H and O–H groups in total. The molecule has 0 aromatic rings. The minimum absolute atomic E-state index is 0.0241. The van der Waals surface area contributed by atoms with Crippen LogP contribution < -0.4 is 10.6 Å². The maximum absolute atomic E-state index is 11.3. The summed E-state index contributed by atoms with van der Waals surface area (Å²) in [6.45, 7) is 2.82. The van der Waals surface area contributed by atoms with E-state index in [0.717, 1.165) is 12.8 Å². The monoisotopic (exact) mass is 240 g/mol. The number of unbranched alkanes of at least 4 members (excludes halogenated alkanes) is 1. The second kappa shape index (κ2) is 9.52. The first-order valence-electron chi connectivity index (χ1n) is 5.77. The third-order valence-electron chi connectivity index (χ3n) is 2.38. The molecule has 1 atom stereocenters. The van der Waals surface area contributed by atoms with Crippen LogP contribution in [0.15, 0.2) is 0 Å². The van der Waals surface area contributed by atoms with Crippen LogP contribution in [0.25, 0.3) is 0 Å². The number of nitrogens with one attached hydrogen (secondary N) is 2. The van der Waals surface area contributed by atoms with E-state index in [1.54, 1.807) is 0 Å². The first kappa shape index (κ1) is 15.3. The fourth-order valence-corrected chi connectivity index (χ4v) is 1.30. The van der Waals surface area contributed by atoms with Crippen molar-refractivity contribution >= 4 is 12.0 Å². The molecule has 0 aliphatic rings. The predicted molar refractivity (Wildman–Crippen MR) is 65.5 cm³/mol. The van der Waals surface area contributed by atoms with Gasteiger partial charge in [0.15, 0.2) is 0 Å². The van der Waals surface area contributed by atoms with Crippen molar-refractivity contribution in [3.05, 3.63) is 0 Å². The van der Waals surface area contributed by atoms with Gasteiger partial charge in [-0.2, -0.15) is 0 Å². The van der Waals surface area contributed by atoms with Crippen molar-refractivity contribution in [3.63, 3.8) is 0 Å². The van der Waals surface area contributed by atoms with Crippen LogP contribution >= 0.6 is 0 Å². The van der Waals surface area contributed by atoms with E-state index in [1.807, 2.05) is 6.92 Å². The second-order valence-corrected chi connectivity index (χ2v) is 3.82. The van der Waals surface area contributed by atoms with Crippen molar-refractivity contribution in [2.75, 3.05) is 13.1 Å². The number of rotatable bonds is 8. The molecule has 96 valence electrons. The van der Waals surface area contributed by atoms with Gasteiger partial charge in [0.25, 0.3) is 0 Å². The van der Waals surface area contributed by atoms with Crippen LogP contribution in [0, 0.1) is 18.3 Å². The summed E-state index contributed by atoms with van der Waals surface area (Å²) < 4.78 is 0. The number of aliphatic carboxylic acids is 1. The molecule has 0 spiro atoms. The van der Waals surface area contributed by atoms with Crippen LogP contribution in [0.2, 0.25) is 0 Å². The number of hydrogen-bond donors (Lipinski definition) is 3. The first-order valence-corrected chi connectivity index (χ1v) is 5.77. The van der Waals surface area contributed by atoms with Crippen molar-refractivity contribution in [2.45, 2.75) is 32.6 Å². The highest BCUT2D eigenvalue weighted by Gasteiger charge is 2.11. The molecule has 0 rings (SSSR count). The lowest BCUT2D eigenvalue weighted by molar-refractivity contribution is -0.138. The number of carboxylic acid groups (broad SMARTS) is 1. The van der Waals surface area contributed by atoms with E-state index in [-0.39, 0.29) is 18.4 Å². The molecule has 0 saturated heterocycles. The van der Waals surface area contributed by atoms with E-state index >= 15 is 0 Å². The van der Waals surface area contributed by atoms with Gasteiger partial charge in [-0.3, -0.25) is 4.79 Å². The number of carboxylic acids is 1. The molecule has 0 aliphatic heterocycles. The fraction of sp³-hybridized carbons (Fsp3) is 0.667. The molecule has 0 radical (unpaired) electrons. The lowest BCUT2D eigenvalue weighted by Gasteiger charge is -2.13. The van der Waals surface area contributed by atoms with E-state index in [4.69, 9.17) is 11.5 Å². The Morgan fingerprint density at radius 3 is 2.65 bits per heavy atom. The average molecular weight is 240 g/mol. The van der Waals surface area contributed by atoms with Gasteiger partial charge in [-0.15, -0.1) is 12.3 Å². The topological polar surface area (TPSA) is 78.4 Å². The lowest BCUT2D eigenvalue weighted by Crippen LogP contribution is -2.38. The number of amides is 2. The van der Waals surface area contributed by atoms with Gasteiger partial charge < -0.3 is 15.7 Å². The summed E-state index contributed by atoms with van der Waals surface area (Å²) in [5, 5.41) is 13.9. The third-order valence-corrected chi connectivity index (χ3v) is 2.38. The van der Waals surface area contributed by atoms with Gasteiger partial charge in [0.2, 0.25) is 0 Å². The quantitative estimate of drug-likeness (QED) is 0.440. The van der Waals surface area contributed by atoms with Crippen LogP contribution in [0.4, 0.5) is 4.79 Å². The number of carbonyl (C=O) groups is 2. The molecule has 0 aliphatic carbocycles. The molecule has 0 saturated carbocycles. The molecular weight excluding hydrogens is 220 g/mol. The van der Waals surface area contributed by atoms with Gasteiger partial charge in [-0.05, 0) is 12.3 Å². The molecule has 1 unspecified atom stereocenters. The predicted octanol–water partition coefficient (Wildman–Crippen LogP) is 1.20. The van der Waals surface area contributed by atoms with Crippen molar-refractivity contribution in [1.82, 2.24) is 10.6 Å². The van der Waals surface area contributed by atoms with Crippen LogP contribution in [0.1, 0.15) is 32.6 Å². The Kier molecular flexibility index (Phi) is 8.57. The molecule has 0 bridgehead atoms. The summed E-state index contributed by atoms with van der Waals surface area (Å²) in [4.78, 5) is 21.8. The first-order chi connectivity index (χ1) is 8.10. The maximum atomic E-state index is 11.3. The van der Waals surface area contributed by atoms with E-state index in [1.165, 1.54) is 0 Å². The summed E-state index contributed by atoms with van der Waals surface area (Å²) in [6, 6.07) is -0.272. The average Bonchev–Trinajstić information content (AvgIpc) is 2.29. The Balaban J connectivity index is 3.66. The summed E-state index contributed by atoms with van der Waals surface area (Å²) >= 11 is 0. The molecule has 0 aromatic heterocycles. The van der Waals surface area contributed by atoms with Crippen LogP contribution in [0.5, 0.6) is 0 Å². The zero-order valence-corrected chi connectivity index (χ0v) is 10.2. The molecule has 0 heterocycles. The molecule has 17 heavy (non-hydrogen) atoms. The van der Waals surface area contributed by atoms with Crippen LogP contribution in [0.3, 0.4) is 0 Å². The SMILES string of the molecule is C#CCCCNC(=O)NCC(CC)CC(=O)O. The molecule has 2 amide bonds. The van der Waals surface area contributed by atoms with E-state index in [0.29, 0.717) is 19.5 Å². The number of carbonyl (C=O) groups excluding carboxylic acids is 1. The zero-order chi connectivity index (χ0) is 13.1. The summed E-state index contributed by atoms with van der Waals surface area (Å²) in [7, 11) is 0. The van der Waals surface area contributed by atoms with Gasteiger partial charge >= 0.3 is 12.0 Å². The Bertz CT molecular complexity index is 284. The van der Waals surface area contributed by atoms with Crippen molar-refractivity contribution in [1.29, 1.82) is 0 Å². The summed E-state index contributed by atoms with van der Waals surface area (Å²) in [5.74, 6) is 1.62. The lowest BCUT2D eigenvalue weighted by atomic mass is 10.0. The van der Waals surface area contributed by atoms with Gasteiger partial charge in [-0.1, -0.05) is 13.3 Å². The van der Waals surface area contributed by atoms with Crippen molar-refractivity contribution in [3.8, 4) is 12.3 Å². The normalized spacial score (nSPS) is 11.3. The Labute approximate surface area is 102 Å². The minimum Gasteiger partial charge on any atom is -0.481 e. The highest BCUT2D eigenvalue weighted by molar-refractivity contribution is 5.74. The van der Waals surface area contributed by atoms with Gasteiger partial charge in [0.05, 0.1) is 0 Å². The smallest absolute Gasteiger partial charge is 0.314 e. The maximum Gasteiger partial charge on any atom is 0.314 e. The highest BCUT2D eigenvalue weighted by Crippen LogP contribution is 2.06. The van der Waals surface area contributed by atoms with Crippen LogP contribution in [-0.2, 0) is 4.79 Å². The molecule has 5 nitrogen and oxygen atoms in total. The molecule has 0 aromatic carbocycles. The zero-order valence-electron chi connectivity index (χ0n) is 10.2.